The van der Waals surface area contributed by atoms with Gasteiger partial charge in [0.2, 0.25) is 0 Å². The van der Waals surface area contributed by atoms with E-state index in [1.165, 1.54) is 79.4 Å². The number of non-ortho nitro benzene ring substituents is 1. The molecule has 0 saturated carbocycles. The van der Waals surface area contributed by atoms with E-state index in [2.05, 4.69) is 69.9 Å². The smallest absolute Gasteiger partial charge is 0.270 e. The lowest BCUT2D eigenvalue weighted by Gasteiger charge is -2.36. The zero-order valence-electron chi connectivity index (χ0n) is 22.7. The molecule has 36 heavy (non-hydrogen) atoms. The summed E-state index contributed by atoms with van der Waals surface area (Å²) in [6, 6.07) is 12.9. The molecule has 1 aliphatic heterocycles. The Hall–Kier alpha value is -2.86. The summed E-state index contributed by atoms with van der Waals surface area (Å²) in [5.74, 6) is 0.0532. The van der Waals surface area contributed by atoms with E-state index in [0.717, 1.165) is 13.0 Å². The number of para-hydroxylation sites is 1. The van der Waals surface area contributed by atoms with Crippen molar-refractivity contribution in [3.63, 3.8) is 0 Å². The second-order valence-corrected chi connectivity index (χ2v) is 10.7. The van der Waals surface area contributed by atoms with Crippen molar-refractivity contribution < 1.29 is 14.5 Å². The number of nitro benzene ring substituents is 1. The van der Waals surface area contributed by atoms with Crippen LogP contribution < -0.4 is 4.90 Å². The first-order valence-corrected chi connectivity index (χ1v) is 13.6. The summed E-state index contributed by atoms with van der Waals surface area (Å²) in [5.41, 5.74) is 2.91. The fourth-order valence-corrected chi connectivity index (χ4v) is 5.78. The fourth-order valence-electron chi connectivity index (χ4n) is 5.78. The van der Waals surface area contributed by atoms with Gasteiger partial charge in [0.25, 0.3) is 5.69 Å². The van der Waals surface area contributed by atoms with Crippen LogP contribution in [0.15, 0.2) is 48.5 Å². The van der Waals surface area contributed by atoms with Crippen molar-refractivity contribution in [2.75, 3.05) is 37.6 Å². The number of hydrogen-bond acceptors (Lipinski definition) is 4. The molecule has 0 saturated heterocycles. The summed E-state index contributed by atoms with van der Waals surface area (Å²) >= 11 is 0. The van der Waals surface area contributed by atoms with Gasteiger partial charge in [0.15, 0.2) is 0 Å². The van der Waals surface area contributed by atoms with Crippen LogP contribution >= 0.6 is 0 Å². The molecular weight excluding hydrogens is 450 g/mol. The number of phenolic OH excluding ortho intramolecular Hbond substituents is 1. The van der Waals surface area contributed by atoms with E-state index in [1.54, 1.807) is 0 Å². The number of nitrogens with zero attached hydrogens (tertiary/aromatic N) is 3. The fraction of sp³-hybridized carbons (Fsp3) is 0.533. The standard InChI is InChI=1S/C30H43N3O3/c1-6-33(7-2,8-3)22-14-10-9-13-21-31-27-16-12-11-15-26(27)30(4,5)29(31)20-17-24-23-25(32(35)36)18-19-28(24)34/h11-12,15-20,23,29H,6-10,13-14,21-22H2,1-5H3/p+1/b20-17+. The number of hydrogen-bond donors (Lipinski definition) is 1. The summed E-state index contributed by atoms with van der Waals surface area (Å²) in [6.07, 6.45) is 8.80. The molecule has 0 fully saturated rings. The molecule has 0 bridgehead atoms. The molecule has 196 valence electrons. The van der Waals surface area contributed by atoms with Crippen LogP contribution in [0, 0.1) is 10.1 Å². The Bertz CT molecular complexity index is 1050. The van der Waals surface area contributed by atoms with Crippen molar-refractivity contribution in [1.82, 2.24) is 0 Å². The zero-order chi connectivity index (χ0) is 26.3. The lowest BCUT2D eigenvalue weighted by atomic mass is 9.80. The van der Waals surface area contributed by atoms with Gasteiger partial charge in [0, 0.05) is 35.3 Å². The van der Waals surface area contributed by atoms with Crippen LogP contribution in [0.4, 0.5) is 11.4 Å². The third-order valence-electron chi connectivity index (χ3n) is 8.46. The summed E-state index contributed by atoms with van der Waals surface area (Å²) in [5, 5.41) is 21.5. The van der Waals surface area contributed by atoms with E-state index < -0.39 is 4.92 Å². The monoisotopic (exact) mass is 494 g/mol. The second kappa shape index (κ2) is 11.9. The number of anilines is 1. The van der Waals surface area contributed by atoms with Crippen molar-refractivity contribution in [2.45, 2.75) is 71.8 Å². The van der Waals surface area contributed by atoms with Crippen LogP contribution in [0.3, 0.4) is 0 Å². The van der Waals surface area contributed by atoms with Crippen LogP contribution in [0.2, 0.25) is 0 Å². The van der Waals surface area contributed by atoms with Crippen molar-refractivity contribution in [1.29, 1.82) is 0 Å². The maximum absolute atomic E-state index is 11.2. The molecule has 1 atom stereocenters. The van der Waals surface area contributed by atoms with Crippen molar-refractivity contribution in [3.05, 3.63) is 69.8 Å². The highest BCUT2D eigenvalue weighted by Crippen LogP contribution is 2.46. The van der Waals surface area contributed by atoms with Gasteiger partial charge in [0.1, 0.15) is 5.75 Å². The molecule has 0 spiro atoms. The Morgan fingerprint density at radius 3 is 2.36 bits per heavy atom. The first-order chi connectivity index (χ1) is 17.2. The molecule has 2 aromatic rings. The Morgan fingerprint density at radius 1 is 1.03 bits per heavy atom. The number of nitro groups is 1. The van der Waals surface area contributed by atoms with E-state index >= 15 is 0 Å². The minimum absolute atomic E-state index is 0.0184. The van der Waals surface area contributed by atoms with Gasteiger partial charge in [-0.2, -0.15) is 0 Å². The second-order valence-electron chi connectivity index (χ2n) is 10.7. The zero-order valence-corrected chi connectivity index (χ0v) is 22.7. The lowest BCUT2D eigenvalue weighted by molar-refractivity contribution is -0.923. The first-order valence-electron chi connectivity index (χ1n) is 13.6. The van der Waals surface area contributed by atoms with Gasteiger partial charge in [-0.15, -0.1) is 0 Å². The number of aromatic hydroxyl groups is 1. The predicted molar refractivity (Wildman–Crippen MR) is 150 cm³/mol. The SMILES string of the molecule is CC[N+](CC)(CC)CCCCCCN1c2ccccc2C(C)(C)C1/C=C/c1cc([N+](=O)[O-])ccc1O. The maximum atomic E-state index is 11.2. The Kier molecular flexibility index (Phi) is 9.18. The van der Waals surface area contributed by atoms with Gasteiger partial charge >= 0.3 is 0 Å². The molecule has 0 radical (unpaired) electrons. The highest BCUT2D eigenvalue weighted by Gasteiger charge is 2.42. The minimum atomic E-state index is -0.428. The highest BCUT2D eigenvalue weighted by atomic mass is 16.6. The average Bonchev–Trinajstić information content (AvgIpc) is 3.09. The van der Waals surface area contributed by atoms with Crippen molar-refractivity contribution in [3.8, 4) is 5.75 Å². The molecule has 1 N–H and O–H groups in total. The molecule has 1 unspecified atom stereocenters. The van der Waals surface area contributed by atoms with Crippen molar-refractivity contribution >= 4 is 17.5 Å². The van der Waals surface area contributed by atoms with Crippen molar-refractivity contribution in [2.24, 2.45) is 0 Å². The predicted octanol–water partition coefficient (Wildman–Crippen LogP) is 6.92. The molecule has 0 aliphatic carbocycles. The number of unbranched alkanes of at least 4 members (excludes halogenated alkanes) is 3. The molecule has 1 aliphatic rings. The Morgan fingerprint density at radius 2 is 1.69 bits per heavy atom. The highest BCUT2D eigenvalue weighted by molar-refractivity contribution is 5.68. The van der Waals surface area contributed by atoms with Crippen LogP contribution in [-0.2, 0) is 5.41 Å². The molecule has 2 aromatic carbocycles. The molecule has 3 rings (SSSR count). The lowest BCUT2D eigenvalue weighted by Crippen LogP contribution is -2.48. The van der Waals surface area contributed by atoms with E-state index in [0.29, 0.717) is 5.56 Å². The largest absolute Gasteiger partial charge is 0.507 e. The Labute approximate surface area is 217 Å². The molecule has 6 heteroatoms. The first kappa shape index (κ1) is 27.7. The molecule has 0 amide bonds. The third kappa shape index (κ3) is 5.92. The van der Waals surface area contributed by atoms with Gasteiger partial charge in [0.05, 0.1) is 37.1 Å². The quantitative estimate of drug-likeness (QED) is 0.142. The summed E-state index contributed by atoms with van der Waals surface area (Å²) in [4.78, 5) is 13.3. The molecular formula is C30H44N3O3+. The average molecular weight is 495 g/mol. The van der Waals surface area contributed by atoms with Crippen LogP contribution in [-0.4, -0.2) is 53.3 Å². The number of benzene rings is 2. The van der Waals surface area contributed by atoms with Gasteiger partial charge < -0.3 is 14.5 Å². The summed E-state index contributed by atoms with van der Waals surface area (Å²) in [7, 11) is 0. The van der Waals surface area contributed by atoms with Gasteiger partial charge in [-0.05, 0) is 57.7 Å². The van der Waals surface area contributed by atoms with Crippen LogP contribution in [0.25, 0.3) is 6.08 Å². The number of fused-ring (bicyclic) bond motifs is 1. The minimum Gasteiger partial charge on any atom is -0.507 e. The Balaban J connectivity index is 1.72. The van der Waals surface area contributed by atoms with E-state index in [4.69, 9.17) is 0 Å². The third-order valence-corrected chi connectivity index (χ3v) is 8.46. The maximum Gasteiger partial charge on any atom is 0.270 e. The molecule has 0 aromatic heterocycles. The topological polar surface area (TPSA) is 66.6 Å². The van der Waals surface area contributed by atoms with Gasteiger partial charge in [-0.3, -0.25) is 10.1 Å². The van der Waals surface area contributed by atoms with Crippen LogP contribution in [0.5, 0.6) is 5.75 Å². The number of phenols is 1. The molecule has 6 nitrogen and oxygen atoms in total. The van der Waals surface area contributed by atoms with E-state index in [9.17, 15) is 15.2 Å². The number of rotatable bonds is 13. The van der Waals surface area contributed by atoms with Gasteiger partial charge in [-0.1, -0.05) is 50.6 Å². The van der Waals surface area contributed by atoms with Gasteiger partial charge in [-0.25, -0.2) is 0 Å². The normalized spacial score (nSPS) is 17.0. The molecule has 1 heterocycles. The van der Waals surface area contributed by atoms with E-state index in [1.807, 2.05) is 6.08 Å². The summed E-state index contributed by atoms with van der Waals surface area (Å²) < 4.78 is 1.21. The summed E-state index contributed by atoms with van der Waals surface area (Å²) in [6.45, 7) is 17.3. The van der Waals surface area contributed by atoms with E-state index in [-0.39, 0.29) is 22.9 Å². The van der Waals surface area contributed by atoms with Crippen LogP contribution in [0.1, 0.15) is 71.4 Å². The number of quaternary nitrogens is 1.